The number of aromatic nitrogens is 1. The van der Waals surface area contributed by atoms with E-state index in [0.717, 1.165) is 21.9 Å². The lowest BCUT2D eigenvalue weighted by Crippen LogP contribution is -2.10. The number of benzene rings is 1. The number of hydrogen-bond acceptors (Lipinski definition) is 6. The fourth-order valence-electron chi connectivity index (χ4n) is 2.84. The average Bonchev–Trinajstić information content (AvgIpc) is 3.32. The number of thiophene rings is 1. The summed E-state index contributed by atoms with van der Waals surface area (Å²) < 4.78 is 17.1. The van der Waals surface area contributed by atoms with Crippen molar-refractivity contribution in [2.24, 2.45) is 0 Å². The lowest BCUT2D eigenvalue weighted by Gasteiger charge is -2.16. The van der Waals surface area contributed by atoms with Gasteiger partial charge in [-0.25, -0.2) is 4.98 Å². The van der Waals surface area contributed by atoms with Crippen LogP contribution in [0, 0.1) is 6.92 Å². The molecule has 0 radical (unpaired) electrons. The lowest BCUT2D eigenvalue weighted by molar-refractivity contribution is -0.140. The molecule has 1 atom stereocenters. The van der Waals surface area contributed by atoms with Crippen LogP contribution in [0.15, 0.2) is 46.2 Å². The van der Waals surface area contributed by atoms with Crippen LogP contribution in [0.2, 0.25) is 0 Å². The molecule has 0 amide bonds. The number of aryl methyl sites for hydroxylation is 1. The molecule has 3 aromatic rings. The van der Waals surface area contributed by atoms with Gasteiger partial charge in [-0.1, -0.05) is 18.2 Å². The van der Waals surface area contributed by atoms with Crippen molar-refractivity contribution < 1.29 is 23.8 Å². The average molecular weight is 401 g/mol. The number of ether oxygens (including phenoxy) is 2. The van der Waals surface area contributed by atoms with Crippen LogP contribution in [0.5, 0.6) is 5.75 Å². The molecular weight excluding hydrogens is 378 g/mol. The Balaban J connectivity index is 1.56. The molecule has 28 heavy (non-hydrogen) atoms. The van der Waals surface area contributed by atoms with Gasteiger partial charge in [0.1, 0.15) is 11.5 Å². The van der Waals surface area contributed by atoms with Gasteiger partial charge in [0.2, 0.25) is 5.89 Å². The zero-order valence-corrected chi connectivity index (χ0v) is 16.7. The Bertz CT molecular complexity index is 886. The zero-order chi connectivity index (χ0) is 19.9. The van der Waals surface area contributed by atoms with Crippen molar-refractivity contribution >= 4 is 17.3 Å². The van der Waals surface area contributed by atoms with Crippen LogP contribution in [-0.2, 0) is 16.0 Å². The molecule has 6 nitrogen and oxygen atoms in total. The Morgan fingerprint density at radius 2 is 2.07 bits per heavy atom. The van der Waals surface area contributed by atoms with Crippen LogP contribution in [0.1, 0.15) is 36.5 Å². The summed E-state index contributed by atoms with van der Waals surface area (Å²) in [6.07, 6.45) is 0.125. The van der Waals surface area contributed by atoms with Crippen LogP contribution in [0.4, 0.5) is 0 Å². The van der Waals surface area contributed by atoms with Crippen LogP contribution >= 0.6 is 11.3 Å². The quantitative estimate of drug-likeness (QED) is 0.521. The van der Waals surface area contributed by atoms with Crippen molar-refractivity contribution in [3.63, 3.8) is 0 Å². The highest BCUT2D eigenvalue weighted by atomic mass is 32.1. The van der Waals surface area contributed by atoms with Gasteiger partial charge in [0.15, 0.2) is 0 Å². The highest BCUT2D eigenvalue weighted by Gasteiger charge is 2.16. The number of carbonyl (C=O) groups is 1. The molecule has 0 aliphatic carbocycles. The topological polar surface area (TPSA) is 81.8 Å². The maximum Gasteiger partial charge on any atom is 0.306 e. The maximum absolute atomic E-state index is 11.0. The SMILES string of the molecule is CCOC(CC(=O)O)c1ccc(OCCc2nc(-c3cccs3)oc2C)cc1. The monoisotopic (exact) mass is 401 g/mol. The molecule has 7 heteroatoms. The lowest BCUT2D eigenvalue weighted by atomic mass is 10.1. The standard InChI is InChI=1S/C21H23NO5S/c1-3-25-18(13-20(23)24)15-6-8-16(9-7-15)26-11-10-17-14(2)27-21(22-17)19-5-4-12-28-19/h4-9,12,18H,3,10-11,13H2,1-2H3,(H,23,24). The van der Waals surface area contributed by atoms with E-state index in [9.17, 15) is 4.79 Å². The van der Waals surface area contributed by atoms with Crippen molar-refractivity contribution in [3.05, 3.63) is 58.8 Å². The van der Waals surface area contributed by atoms with Gasteiger partial charge in [-0.15, -0.1) is 11.3 Å². The highest BCUT2D eigenvalue weighted by Crippen LogP contribution is 2.27. The summed E-state index contributed by atoms with van der Waals surface area (Å²) in [5, 5.41) is 11.0. The second-order valence-electron chi connectivity index (χ2n) is 6.21. The Hall–Kier alpha value is -2.64. The summed E-state index contributed by atoms with van der Waals surface area (Å²) >= 11 is 1.59. The van der Waals surface area contributed by atoms with E-state index in [1.54, 1.807) is 11.3 Å². The van der Waals surface area contributed by atoms with Crippen LogP contribution in [0.25, 0.3) is 10.8 Å². The number of oxazole rings is 1. The number of carboxylic acid groups (broad SMARTS) is 1. The maximum atomic E-state index is 11.0. The first-order chi connectivity index (χ1) is 13.6. The van der Waals surface area contributed by atoms with Gasteiger partial charge in [-0.3, -0.25) is 4.79 Å². The van der Waals surface area contributed by atoms with E-state index >= 15 is 0 Å². The number of aliphatic carboxylic acids is 1. The summed E-state index contributed by atoms with van der Waals surface area (Å²) in [5.41, 5.74) is 1.71. The van der Waals surface area contributed by atoms with E-state index < -0.39 is 12.1 Å². The third-order valence-electron chi connectivity index (χ3n) is 4.21. The fourth-order valence-corrected chi connectivity index (χ4v) is 3.49. The molecule has 0 saturated carbocycles. The third-order valence-corrected chi connectivity index (χ3v) is 5.07. The van der Waals surface area contributed by atoms with Gasteiger partial charge in [0.25, 0.3) is 0 Å². The second-order valence-corrected chi connectivity index (χ2v) is 7.16. The summed E-state index contributed by atoms with van der Waals surface area (Å²) in [4.78, 5) is 16.6. The largest absolute Gasteiger partial charge is 0.493 e. The third kappa shape index (κ3) is 5.21. The van der Waals surface area contributed by atoms with Gasteiger partial charge in [0.05, 0.1) is 29.7 Å². The number of nitrogens with zero attached hydrogens (tertiary/aromatic N) is 1. The molecule has 3 rings (SSSR count). The molecule has 0 aliphatic rings. The first-order valence-corrected chi connectivity index (χ1v) is 10.0. The first kappa shape index (κ1) is 20.1. The fraction of sp³-hybridized carbons (Fsp3) is 0.333. The molecule has 148 valence electrons. The predicted octanol–water partition coefficient (Wildman–Crippen LogP) is 4.89. The molecule has 0 saturated heterocycles. The molecule has 1 aromatic carbocycles. The normalized spacial score (nSPS) is 12.1. The van der Waals surface area contributed by atoms with E-state index in [1.165, 1.54) is 0 Å². The smallest absolute Gasteiger partial charge is 0.306 e. The molecule has 2 heterocycles. The Morgan fingerprint density at radius 3 is 2.71 bits per heavy atom. The van der Waals surface area contributed by atoms with Crippen molar-refractivity contribution in [2.75, 3.05) is 13.2 Å². The van der Waals surface area contributed by atoms with Crippen LogP contribution < -0.4 is 4.74 Å². The summed E-state index contributed by atoms with van der Waals surface area (Å²) in [5.74, 6) is 1.28. The van der Waals surface area contributed by atoms with Gasteiger partial charge >= 0.3 is 5.97 Å². The predicted molar refractivity (Wildman–Crippen MR) is 107 cm³/mol. The van der Waals surface area contributed by atoms with E-state index in [1.807, 2.05) is 55.6 Å². The molecule has 0 fully saturated rings. The van der Waals surface area contributed by atoms with E-state index in [4.69, 9.17) is 19.0 Å². The van der Waals surface area contributed by atoms with Crippen molar-refractivity contribution in [1.82, 2.24) is 4.98 Å². The first-order valence-electron chi connectivity index (χ1n) is 9.13. The minimum Gasteiger partial charge on any atom is -0.493 e. The minimum absolute atomic E-state index is 0.0634. The number of hydrogen-bond donors (Lipinski definition) is 1. The minimum atomic E-state index is -0.885. The van der Waals surface area contributed by atoms with Gasteiger partial charge in [0, 0.05) is 13.0 Å². The Labute approximate surface area is 167 Å². The summed E-state index contributed by atoms with van der Waals surface area (Å²) in [6, 6.07) is 11.3. The van der Waals surface area contributed by atoms with Crippen molar-refractivity contribution in [3.8, 4) is 16.5 Å². The molecule has 0 spiro atoms. The molecule has 2 aromatic heterocycles. The summed E-state index contributed by atoms with van der Waals surface area (Å²) in [7, 11) is 0. The van der Waals surface area contributed by atoms with Crippen molar-refractivity contribution in [1.29, 1.82) is 0 Å². The van der Waals surface area contributed by atoms with E-state index in [2.05, 4.69) is 4.98 Å². The van der Waals surface area contributed by atoms with E-state index in [-0.39, 0.29) is 6.42 Å². The molecular formula is C21H23NO5S. The van der Waals surface area contributed by atoms with Crippen molar-refractivity contribution in [2.45, 2.75) is 32.8 Å². The molecule has 0 bridgehead atoms. The summed E-state index contributed by atoms with van der Waals surface area (Å²) in [6.45, 7) is 4.69. The highest BCUT2D eigenvalue weighted by molar-refractivity contribution is 7.13. The van der Waals surface area contributed by atoms with Gasteiger partial charge in [-0.2, -0.15) is 0 Å². The van der Waals surface area contributed by atoms with Crippen LogP contribution in [-0.4, -0.2) is 29.3 Å². The van der Waals surface area contributed by atoms with Crippen LogP contribution in [0.3, 0.4) is 0 Å². The van der Waals surface area contributed by atoms with Gasteiger partial charge in [-0.05, 0) is 43.0 Å². The number of rotatable bonds is 10. The molecule has 1 unspecified atom stereocenters. The zero-order valence-electron chi connectivity index (χ0n) is 15.9. The molecule has 0 aliphatic heterocycles. The number of carboxylic acids is 1. The Kier molecular flexibility index (Phi) is 6.84. The van der Waals surface area contributed by atoms with E-state index in [0.29, 0.717) is 31.3 Å². The second kappa shape index (κ2) is 9.52. The Morgan fingerprint density at radius 1 is 1.29 bits per heavy atom. The molecule has 1 N–H and O–H groups in total. The van der Waals surface area contributed by atoms with Gasteiger partial charge < -0.3 is 19.0 Å².